The predicted molar refractivity (Wildman–Crippen MR) is 103 cm³/mol. The SMILES string of the molecule is Oc1ccc(C(=S)NN=C(c2ccccc2)c2ccccc2)c(O)c1. The fourth-order valence-corrected chi connectivity index (χ4v) is 2.59. The van der Waals surface area contributed by atoms with Crippen LogP contribution in [0.3, 0.4) is 0 Å². The molecule has 0 amide bonds. The summed E-state index contributed by atoms with van der Waals surface area (Å²) < 4.78 is 0. The first kappa shape index (κ1) is 16.7. The van der Waals surface area contributed by atoms with Crippen LogP contribution in [0.4, 0.5) is 0 Å². The van der Waals surface area contributed by atoms with Crippen molar-refractivity contribution in [3.8, 4) is 11.5 Å². The Balaban J connectivity index is 1.93. The fraction of sp³-hybridized carbons (Fsp3) is 0. The van der Waals surface area contributed by atoms with E-state index in [0.29, 0.717) is 5.56 Å². The molecule has 25 heavy (non-hydrogen) atoms. The molecule has 0 saturated carbocycles. The number of phenols is 2. The van der Waals surface area contributed by atoms with E-state index in [1.807, 2.05) is 60.7 Å². The Kier molecular flexibility index (Phi) is 5.06. The molecule has 0 spiro atoms. The maximum Gasteiger partial charge on any atom is 0.130 e. The molecule has 0 saturated heterocycles. The molecule has 3 rings (SSSR count). The molecule has 4 nitrogen and oxygen atoms in total. The summed E-state index contributed by atoms with van der Waals surface area (Å²) >= 11 is 5.31. The van der Waals surface area contributed by atoms with Crippen LogP contribution in [0.25, 0.3) is 0 Å². The van der Waals surface area contributed by atoms with Crippen molar-refractivity contribution in [1.82, 2.24) is 5.43 Å². The molecule has 0 aromatic heterocycles. The van der Waals surface area contributed by atoms with Crippen LogP contribution in [0.5, 0.6) is 11.5 Å². The molecular weight excluding hydrogens is 332 g/mol. The van der Waals surface area contributed by atoms with Gasteiger partial charge in [0.05, 0.1) is 11.3 Å². The number of nitrogens with zero attached hydrogens (tertiary/aromatic N) is 1. The number of benzene rings is 3. The maximum absolute atomic E-state index is 9.93. The van der Waals surface area contributed by atoms with Crippen LogP contribution in [-0.2, 0) is 0 Å². The molecular formula is C20H16N2O2S. The summed E-state index contributed by atoms with van der Waals surface area (Å²) in [7, 11) is 0. The van der Waals surface area contributed by atoms with E-state index in [4.69, 9.17) is 12.2 Å². The minimum absolute atomic E-state index is 0.0261. The van der Waals surface area contributed by atoms with Gasteiger partial charge in [0.25, 0.3) is 0 Å². The van der Waals surface area contributed by atoms with E-state index in [9.17, 15) is 10.2 Å². The van der Waals surface area contributed by atoms with Crippen LogP contribution in [0, 0.1) is 0 Å². The Morgan fingerprint density at radius 2 is 1.36 bits per heavy atom. The number of phenolic OH excluding ortho intramolecular Hbond substituents is 2. The Labute approximate surface area is 151 Å². The molecule has 0 aliphatic heterocycles. The number of hydrazone groups is 1. The lowest BCUT2D eigenvalue weighted by atomic mass is 10.0. The van der Waals surface area contributed by atoms with Gasteiger partial charge in [0.1, 0.15) is 16.5 Å². The van der Waals surface area contributed by atoms with E-state index in [1.54, 1.807) is 6.07 Å². The smallest absolute Gasteiger partial charge is 0.130 e. The molecule has 0 aliphatic rings. The normalized spacial score (nSPS) is 10.1. The molecule has 3 aromatic carbocycles. The lowest BCUT2D eigenvalue weighted by Gasteiger charge is -2.10. The van der Waals surface area contributed by atoms with E-state index in [0.717, 1.165) is 16.8 Å². The topological polar surface area (TPSA) is 64.8 Å². The van der Waals surface area contributed by atoms with Gasteiger partial charge in [-0.25, -0.2) is 0 Å². The van der Waals surface area contributed by atoms with Crippen molar-refractivity contribution in [2.24, 2.45) is 5.10 Å². The van der Waals surface area contributed by atoms with Gasteiger partial charge in [-0.05, 0) is 12.1 Å². The zero-order valence-electron chi connectivity index (χ0n) is 13.3. The first-order valence-corrected chi connectivity index (χ1v) is 8.07. The van der Waals surface area contributed by atoms with E-state index in [2.05, 4.69) is 10.5 Å². The summed E-state index contributed by atoms with van der Waals surface area (Å²) in [5, 5.41) is 23.8. The van der Waals surface area contributed by atoms with Gasteiger partial charge in [0.15, 0.2) is 0 Å². The highest BCUT2D eigenvalue weighted by Gasteiger charge is 2.10. The highest BCUT2D eigenvalue weighted by atomic mass is 32.1. The zero-order chi connectivity index (χ0) is 17.6. The van der Waals surface area contributed by atoms with Gasteiger partial charge in [-0.3, -0.25) is 5.43 Å². The third kappa shape index (κ3) is 4.02. The Hall–Kier alpha value is -3.18. The van der Waals surface area contributed by atoms with Crippen LogP contribution in [0.2, 0.25) is 0 Å². The van der Waals surface area contributed by atoms with Crippen LogP contribution in [0.15, 0.2) is 84.0 Å². The molecule has 0 unspecified atom stereocenters. The van der Waals surface area contributed by atoms with E-state index >= 15 is 0 Å². The Morgan fingerprint density at radius 1 is 0.800 bits per heavy atom. The second-order valence-electron chi connectivity index (χ2n) is 5.33. The average Bonchev–Trinajstić information content (AvgIpc) is 2.63. The number of hydrogen-bond acceptors (Lipinski definition) is 4. The van der Waals surface area contributed by atoms with E-state index in [-0.39, 0.29) is 16.5 Å². The predicted octanol–water partition coefficient (Wildman–Crippen LogP) is 3.82. The molecule has 5 heteroatoms. The first-order valence-electron chi connectivity index (χ1n) is 7.66. The van der Waals surface area contributed by atoms with Gasteiger partial charge in [0.2, 0.25) is 0 Å². The second kappa shape index (κ2) is 7.59. The third-order valence-corrected chi connectivity index (χ3v) is 3.90. The molecule has 3 N–H and O–H groups in total. The molecule has 0 radical (unpaired) electrons. The van der Waals surface area contributed by atoms with Crippen molar-refractivity contribution in [2.75, 3.05) is 0 Å². The fourth-order valence-electron chi connectivity index (χ4n) is 2.37. The van der Waals surface area contributed by atoms with Gasteiger partial charge in [0, 0.05) is 17.2 Å². The summed E-state index contributed by atoms with van der Waals surface area (Å²) in [6, 6.07) is 23.8. The highest BCUT2D eigenvalue weighted by Crippen LogP contribution is 2.22. The van der Waals surface area contributed by atoms with Crippen molar-refractivity contribution < 1.29 is 10.2 Å². The summed E-state index contributed by atoms with van der Waals surface area (Å²) in [5.74, 6) is -0.129. The standard InChI is InChI=1S/C20H16N2O2S/c23-16-11-12-17(18(24)13-16)20(25)22-21-19(14-7-3-1-4-8-14)15-9-5-2-6-10-15/h1-13,23-24H,(H,22,25). The van der Waals surface area contributed by atoms with Gasteiger partial charge in [-0.1, -0.05) is 72.9 Å². The minimum Gasteiger partial charge on any atom is -0.508 e. The van der Waals surface area contributed by atoms with Crippen LogP contribution in [-0.4, -0.2) is 20.9 Å². The number of aromatic hydroxyl groups is 2. The summed E-state index contributed by atoms with van der Waals surface area (Å²) in [6.07, 6.45) is 0. The molecule has 0 heterocycles. The quantitative estimate of drug-likeness (QED) is 0.381. The molecule has 3 aromatic rings. The van der Waals surface area contributed by atoms with Gasteiger partial charge >= 0.3 is 0 Å². The first-order chi connectivity index (χ1) is 12.1. The Morgan fingerprint density at radius 3 is 1.88 bits per heavy atom. The lowest BCUT2D eigenvalue weighted by Crippen LogP contribution is -2.19. The van der Waals surface area contributed by atoms with Crippen LogP contribution >= 0.6 is 12.2 Å². The summed E-state index contributed by atoms with van der Waals surface area (Å²) in [6.45, 7) is 0. The zero-order valence-corrected chi connectivity index (χ0v) is 14.1. The summed E-state index contributed by atoms with van der Waals surface area (Å²) in [5.41, 5.74) is 5.86. The number of nitrogens with one attached hydrogen (secondary N) is 1. The average molecular weight is 348 g/mol. The number of hydrogen-bond donors (Lipinski definition) is 3. The molecule has 0 bridgehead atoms. The largest absolute Gasteiger partial charge is 0.508 e. The van der Waals surface area contributed by atoms with Crippen molar-refractivity contribution in [3.05, 3.63) is 95.6 Å². The van der Waals surface area contributed by atoms with Crippen LogP contribution < -0.4 is 5.43 Å². The summed E-state index contributed by atoms with van der Waals surface area (Å²) in [4.78, 5) is 0.266. The number of thiocarbonyl (C=S) groups is 1. The monoisotopic (exact) mass is 348 g/mol. The van der Waals surface area contributed by atoms with Crippen LogP contribution in [0.1, 0.15) is 16.7 Å². The van der Waals surface area contributed by atoms with Gasteiger partial charge in [-0.15, -0.1) is 0 Å². The van der Waals surface area contributed by atoms with Crippen molar-refractivity contribution in [3.63, 3.8) is 0 Å². The molecule has 124 valence electrons. The number of rotatable bonds is 4. The molecule has 0 atom stereocenters. The minimum atomic E-state index is -0.103. The maximum atomic E-state index is 9.93. The van der Waals surface area contributed by atoms with E-state index < -0.39 is 0 Å². The van der Waals surface area contributed by atoms with Crippen molar-refractivity contribution in [2.45, 2.75) is 0 Å². The Bertz CT molecular complexity index is 868. The molecule has 0 fully saturated rings. The van der Waals surface area contributed by atoms with Gasteiger partial charge in [-0.2, -0.15) is 5.10 Å². The van der Waals surface area contributed by atoms with Crippen molar-refractivity contribution >= 4 is 22.9 Å². The van der Waals surface area contributed by atoms with Crippen molar-refractivity contribution in [1.29, 1.82) is 0 Å². The second-order valence-corrected chi connectivity index (χ2v) is 5.74. The van der Waals surface area contributed by atoms with Gasteiger partial charge < -0.3 is 10.2 Å². The highest BCUT2D eigenvalue weighted by molar-refractivity contribution is 7.80. The molecule has 0 aliphatic carbocycles. The lowest BCUT2D eigenvalue weighted by molar-refractivity contribution is 0.450. The van der Waals surface area contributed by atoms with E-state index in [1.165, 1.54) is 12.1 Å². The third-order valence-electron chi connectivity index (χ3n) is 3.59.